The molecule has 0 saturated carbocycles. The number of rotatable bonds is 9. The van der Waals surface area contributed by atoms with Crippen molar-refractivity contribution < 1.29 is 14.3 Å². The fourth-order valence-electron chi connectivity index (χ4n) is 3.53. The molecule has 2 N–H and O–H groups in total. The topological polar surface area (TPSA) is 97.7 Å². The zero-order valence-corrected chi connectivity index (χ0v) is 20.3. The van der Waals surface area contributed by atoms with Crippen molar-refractivity contribution in [3.05, 3.63) is 70.4 Å². The number of carbonyl (C=O) groups excluding carboxylic acids is 1. The van der Waals surface area contributed by atoms with Crippen molar-refractivity contribution in [3.8, 4) is 11.8 Å². The van der Waals surface area contributed by atoms with Gasteiger partial charge in [0.2, 0.25) is 5.91 Å². The average Bonchev–Trinajstić information content (AvgIpc) is 3.26. The van der Waals surface area contributed by atoms with Crippen molar-refractivity contribution in [2.45, 2.75) is 45.0 Å². The largest absolute Gasteiger partial charge is 0.490 e. The number of benzene rings is 2. The van der Waals surface area contributed by atoms with Gasteiger partial charge in [0.05, 0.1) is 11.7 Å². The lowest BCUT2D eigenvalue weighted by Gasteiger charge is -2.14. The minimum Gasteiger partial charge on any atom is -0.490 e. The van der Waals surface area contributed by atoms with E-state index in [2.05, 4.69) is 46.4 Å². The number of hydrogen-bond acceptors (Lipinski definition) is 6. The van der Waals surface area contributed by atoms with E-state index < -0.39 is 5.91 Å². The van der Waals surface area contributed by atoms with Gasteiger partial charge in [-0.2, -0.15) is 5.26 Å². The minimum absolute atomic E-state index is 0.0139. The number of methoxy groups -OCH3 is 1. The quantitative estimate of drug-likeness (QED) is 0.532. The molecule has 3 rings (SSSR count). The summed E-state index contributed by atoms with van der Waals surface area (Å²) in [5.74, 6) is 0.977. The second-order valence-electron chi connectivity index (χ2n) is 7.77. The lowest BCUT2D eigenvalue weighted by Crippen LogP contribution is -2.16. The van der Waals surface area contributed by atoms with E-state index in [-0.39, 0.29) is 12.7 Å². The Morgan fingerprint density at radius 1 is 1.33 bits per heavy atom. The van der Waals surface area contributed by atoms with Gasteiger partial charge in [0, 0.05) is 24.0 Å². The maximum absolute atomic E-state index is 9.70. The van der Waals surface area contributed by atoms with Gasteiger partial charge in [0.1, 0.15) is 18.4 Å². The van der Waals surface area contributed by atoms with Crippen LogP contribution in [-0.4, -0.2) is 32.4 Å². The van der Waals surface area contributed by atoms with Crippen LogP contribution in [0.1, 0.15) is 48.1 Å². The van der Waals surface area contributed by atoms with Crippen LogP contribution in [0.25, 0.3) is 4.91 Å². The molecule has 0 saturated heterocycles. The summed E-state index contributed by atoms with van der Waals surface area (Å²) >= 11 is 1.73. The zero-order chi connectivity index (χ0) is 24.2. The number of nitrogens with zero attached hydrogens (tertiary/aromatic N) is 2. The molecule has 2 aromatic carbocycles. The Morgan fingerprint density at radius 2 is 2.12 bits per heavy atom. The van der Waals surface area contributed by atoms with Crippen molar-refractivity contribution in [2.24, 2.45) is 10.7 Å². The van der Waals surface area contributed by atoms with Crippen molar-refractivity contribution in [2.75, 3.05) is 13.7 Å². The molecule has 1 aliphatic carbocycles. The molecule has 2 aromatic rings. The molecular formula is C26H31N3O3S. The molecule has 0 bridgehead atoms. The van der Waals surface area contributed by atoms with Crippen molar-refractivity contribution in [3.63, 3.8) is 0 Å². The Hall–Kier alpha value is -3.08. The van der Waals surface area contributed by atoms with Crippen molar-refractivity contribution >= 4 is 29.3 Å². The molecule has 0 aliphatic heterocycles. The van der Waals surface area contributed by atoms with E-state index in [9.17, 15) is 10.1 Å². The molecule has 1 amide bonds. The summed E-state index contributed by atoms with van der Waals surface area (Å²) in [4.78, 5) is 14.9. The molecule has 6 nitrogen and oxygen atoms in total. The summed E-state index contributed by atoms with van der Waals surface area (Å²) in [6, 6.07) is 14.6. The van der Waals surface area contributed by atoms with Gasteiger partial charge in [0.15, 0.2) is 0 Å². The SMILES string of the molecule is C=N/C=C(\SCc1ccc(OC(C)C)c(C#N)c1)c1cccc2c1CCC2.COCC(N)=O. The highest BCUT2D eigenvalue weighted by Crippen LogP contribution is 2.37. The van der Waals surface area contributed by atoms with Gasteiger partial charge >= 0.3 is 0 Å². The number of amides is 1. The number of nitrogens with two attached hydrogens (primary N) is 1. The van der Waals surface area contributed by atoms with Crippen LogP contribution in [0.4, 0.5) is 0 Å². The van der Waals surface area contributed by atoms with E-state index in [1.54, 1.807) is 11.8 Å². The minimum atomic E-state index is -0.433. The summed E-state index contributed by atoms with van der Waals surface area (Å²) in [6.07, 6.45) is 5.39. The molecule has 0 fully saturated rings. The van der Waals surface area contributed by atoms with Crippen LogP contribution in [0.2, 0.25) is 0 Å². The van der Waals surface area contributed by atoms with Gasteiger partial charge in [-0.15, -0.1) is 11.8 Å². The Bertz CT molecular complexity index is 1040. The van der Waals surface area contributed by atoms with E-state index >= 15 is 0 Å². The third kappa shape index (κ3) is 8.08. The first-order chi connectivity index (χ1) is 15.9. The number of primary amides is 1. The molecule has 0 unspecified atom stereocenters. The predicted molar refractivity (Wildman–Crippen MR) is 135 cm³/mol. The third-order valence-corrected chi connectivity index (χ3v) is 5.94. The number of hydrogen-bond donors (Lipinski definition) is 1. The highest BCUT2D eigenvalue weighted by Gasteiger charge is 2.17. The standard InChI is InChI=1S/C23H24N2OS.C3H7NO2/c1-16(2)26-22-11-10-17(12-19(22)13-24)15-27-23(14-25-3)21-9-5-7-18-6-4-8-20(18)21;1-6-2-3(4)5/h5,7,9-12,14,16H,3-4,6,8,15H2,1-2H3;2H2,1H3,(H2,4,5)/b23-14-;. The highest BCUT2D eigenvalue weighted by atomic mass is 32.2. The van der Waals surface area contributed by atoms with Crippen LogP contribution in [0.5, 0.6) is 5.75 Å². The summed E-state index contributed by atoms with van der Waals surface area (Å²) in [5, 5.41) is 9.43. The zero-order valence-electron chi connectivity index (χ0n) is 19.5. The van der Waals surface area contributed by atoms with E-state index in [1.165, 1.54) is 30.2 Å². The fourth-order valence-corrected chi connectivity index (χ4v) is 4.53. The molecule has 0 spiro atoms. The van der Waals surface area contributed by atoms with Gasteiger partial charge in [-0.3, -0.25) is 9.79 Å². The second kappa shape index (κ2) is 13.5. The molecular weight excluding hydrogens is 434 g/mol. The maximum Gasteiger partial charge on any atom is 0.243 e. The number of ether oxygens (including phenoxy) is 2. The van der Waals surface area contributed by atoms with Crippen molar-refractivity contribution in [1.82, 2.24) is 0 Å². The number of aliphatic imine (C=N–C) groups is 1. The van der Waals surface area contributed by atoms with Crippen LogP contribution < -0.4 is 10.5 Å². The summed E-state index contributed by atoms with van der Waals surface area (Å²) < 4.78 is 10.0. The number of nitriles is 1. The fraction of sp³-hybridized carbons (Fsp3) is 0.346. The van der Waals surface area contributed by atoms with Gasteiger partial charge < -0.3 is 15.2 Å². The van der Waals surface area contributed by atoms with Gasteiger partial charge in [-0.25, -0.2) is 0 Å². The predicted octanol–water partition coefficient (Wildman–Crippen LogP) is 4.88. The van der Waals surface area contributed by atoms with Crippen LogP contribution in [-0.2, 0) is 28.1 Å². The van der Waals surface area contributed by atoms with E-state index in [4.69, 9.17) is 4.74 Å². The number of fused-ring (bicyclic) bond motifs is 1. The normalized spacial score (nSPS) is 12.4. The van der Waals surface area contributed by atoms with E-state index in [1.807, 2.05) is 38.2 Å². The molecule has 0 atom stereocenters. The number of carbonyl (C=O) groups is 1. The lowest BCUT2D eigenvalue weighted by atomic mass is 10.0. The molecule has 0 aromatic heterocycles. The molecule has 7 heteroatoms. The summed E-state index contributed by atoms with van der Waals surface area (Å²) in [6.45, 7) is 7.58. The Kier molecular flexibility index (Phi) is 10.7. The van der Waals surface area contributed by atoms with E-state index in [0.717, 1.165) is 29.1 Å². The van der Waals surface area contributed by atoms with E-state index in [0.29, 0.717) is 11.3 Å². The van der Waals surface area contributed by atoms with Crippen LogP contribution in [0.3, 0.4) is 0 Å². The monoisotopic (exact) mass is 465 g/mol. The molecule has 174 valence electrons. The van der Waals surface area contributed by atoms with Crippen LogP contribution >= 0.6 is 11.8 Å². The third-order valence-electron chi connectivity index (χ3n) is 4.83. The number of thioether (sulfide) groups is 1. The Labute approximate surface area is 200 Å². The molecule has 1 aliphatic rings. The first-order valence-corrected chi connectivity index (χ1v) is 11.7. The van der Waals surface area contributed by atoms with Gasteiger partial charge in [-0.1, -0.05) is 24.3 Å². The Balaban J connectivity index is 0.000000569. The highest BCUT2D eigenvalue weighted by molar-refractivity contribution is 8.07. The second-order valence-corrected chi connectivity index (χ2v) is 8.79. The molecule has 0 heterocycles. The summed E-state index contributed by atoms with van der Waals surface area (Å²) in [7, 11) is 1.42. The molecule has 33 heavy (non-hydrogen) atoms. The first kappa shape index (κ1) is 26.2. The lowest BCUT2D eigenvalue weighted by molar-refractivity contribution is -0.121. The smallest absolute Gasteiger partial charge is 0.243 e. The maximum atomic E-state index is 9.70. The van der Waals surface area contributed by atoms with Gasteiger partial charge in [-0.05, 0) is 74.2 Å². The van der Waals surface area contributed by atoms with Crippen LogP contribution in [0.15, 0.2) is 47.6 Å². The van der Waals surface area contributed by atoms with Gasteiger partial charge in [0.25, 0.3) is 0 Å². The van der Waals surface area contributed by atoms with Crippen molar-refractivity contribution in [1.29, 1.82) is 5.26 Å². The average molecular weight is 466 g/mol. The summed E-state index contributed by atoms with van der Waals surface area (Å²) in [5.41, 5.74) is 10.5. The first-order valence-electron chi connectivity index (χ1n) is 10.8. The van der Waals surface area contributed by atoms with Crippen LogP contribution in [0, 0.1) is 11.3 Å². The Morgan fingerprint density at radius 3 is 2.73 bits per heavy atom. The number of aryl methyl sites for hydroxylation is 1. The molecule has 0 radical (unpaired) electrons.